The van der Waals surface area contributed by atoms with Crippen LogP contribution in [0.1, 0.15) is 62.4 Å². The first kappa shape index (κ1) is 16.6. The lowest BCUT2D eigenvalue weighted by atomic mass is 9.96. The zero-order valence-electron chi connectivity index (χ0n) is 13.4. The number of hydrogen-bond acceptors (Lipinski definition) is 4. The molecule has 1 N–H and O–H groups in total. The highest BCUT2D eigenvalue weighted by molar-refractivity contribution is 7.15. The van der Waals surface area contributed by atoms with Crippen molar-refractivity contribution in [3.8, 4) is 0 Å². The van der Waals surface area contributed by atoms with Crippen molar-refractivity contribution in [2.24, 2.45) is 0 Å². The molecule has 0 unspecified atom stereocenters. The Balaban J connectivity index is 2.05. The van der Waals surface area contributed by atoms with Crippen molar-refractivity contribution in [1.29, 1.82) is 0 Å². The average Bonchev–Trinajstić information content (AvgIpc) is 2.98. The van der Waals surface area contributed by atoms with Gasteiger partial charge in [-0.3, -0.25) is 10.1 Å². The Bertz CT molecular complexity index is 597. The van der Waals surface area contributed by atoms with Gasteiger partial charge in [0.1, 0.15) is 5.01 Å². The number of amides is 1. The summed E-state index contributed by atoms with van der Waals surface area (Å²) in [4.78, 5) is 12.5. The van der Waals surface area contributed by atoms with Crippen LogP contribution in [-0.4, -0.2) is 16.1 Å². The number of nitrogens with one attached hydrogen (secondary N) is 1. The molecular formula is C17H23N3OS. The molecule has 4 nitrogen and oxygen atoms in total. The van der Waals surface area contributed by atoms with Crippen LogP contribution in [-0.2, 0) is 4.79 Å². The van der Waals surface area contributed by atoms with Gasteiger partial charge in [0.25, 0.3) is 0 Å². The van der Waals surface area contributed by atoms with Gasteiger partial charge < -0.3 is 0 Å². The van der Waals surface area contributed by atoms with Crippen LogP contribution in [0.3, 0.4) is 0 Å². The second kappa shape index (κ2) is 8.03. The topological polar surface area (TPSA) is 54.9 Å². The number of aromatic nitrogens is 2. The van der Waals surface area contributed by atoms with E-state index in [0.29, 0.717) is 11.0 Å². The Kier molecular flexibility index (Phi) is 6.07. The molecule has 118 valence electrons. The SMILES string of the molecule is CCC[C@@H](C)c1nnc(NC(=O)[C@@H](CC)c2ccccc2)s1. The van der Waals surface area contributed by atoms with Crippen LogP contribution in [0.2, 0.25) is 0 Å². The van der Waals surface area contributed by atoms with E-state index < -0.39 is 0 Å². The smallest absolute Gasteiger partial charge is 0.233 e. The van der Waals surface area contributed by atoms with E-state index in [4.69, 9.17) is 0 Å². The van der Waals surface area contributed by atoms with Crippen molar-refractivity contribution in [2.75, 3.05) is 5.32 Å². The molecule has 1 amide bonds. The second-order valence-corrected chi connectivity index (χ2v) is 6.51. The van der Waals surface area contributed by atoms with Gasteiger partial charge in [0.2, 0.25) is 11.0 Å². The molecule has 2 aromatic rings. The lowest BCUT2D eigenvalue weighted by Crippen LogP contribution is -2.20. The molecule has 0 aliphatic rings. The van der Waals surface area contributed by atoms with E-state index in [1.54, 1.807) is 0 Å². The predicted octanol–water partition coefficient (Wildman–Crippen LogP) is 4.57. The minimum atomic E-state index is -0.151. The molecule has 0 aliphatic carbocycles. The van der Waals surface area contributed by atoms with Crippen molar-refractivity contribution in [2.45, 2.75) is 51.9 Å². The molecule has 0 fully saturated rings. The van der Waals surface area contributed by atoms with E-state index in [1.165, 1.54) is 11.3 Å². The Labute approximate surface area is 136 Å². The van der Waals surface area contributed by atoms with Crippen molar-refractivity contribution in [1.82, 2.24) is 10.2 Å². The van der Waals surface area contributed by atoms with E-state index in [1.807, 2.05) is 37.3 Å². The maximum absolute atomic E-state index is 12.5. The molecule has 5 heteroatoms. The summed E-state index contributed by atoms with van der Waals surface area (Å²) >= 11 is 1.48. The summed E-state index contributed by atoms with van der Waals surface area (Å²) in [7, 11) is 0. The molecule has 22 heavy (non-hydrogen) atoms. The Morgan fingerprint density at radius 3 is 2.59 bits per heavy atom. The van der Waals surface area contributed by atoms with Gasteiger partial charge in [-0.15, -0.1) is 10.2 Å². The van der Waals surface area contributed by atoms with Gasteiger partial charge in [0.15, 0.2) is 0 Å². The molecular weight excluding hydrogens is 294 g/mol. The summed E-state index contributed by atoms with van der Waals surface area (Å²) in [6.07, 6.45) is 2.96. The van der Waals surface area contributed by atoms with Gasteiger partial charge in [-0.05, 0) is 18.4 Å². The van der Waals surface area contributed by atoms with Gasteiger partial charge in [0.05, 0.1) is 5.92 Å². The van der Waals surface area contributed by atoms with Crippen LogP contribution in [0.5, 0.6) is 0 Å². The summed E-state index contributed by atoms with van der Waals surface area (Å²) < 4.78 is 0. The van der Waals surface area contributed by atoms with Crippen LogP contribution in [0.25, 0.3) is 0 Å². The standard InChI is InChI=1S/C17H23N3OS/c1-4-9-12(3)16-19-20-17(22-16)18-15(21)14(5-2)13-10-7-6-8-11-13/h6-8,10-12,14H,4-5,9H2,1-3H3,(H,18,20,21)/t12-,14+/m1/s1. The lowest BCUT2D eigenvalue weighted by molar-refractivity contribution is -0.117. The fraction of sp³-hybridized carbons (Fsp3) is 0.471. The minimum Gasteiger partial charge on any atom is -0.300 e. The van der Waals surface area contributed by atoms with Crippen LogP contribution >= 0.6 is 11.3 Å². The summed E-state index contributed by atoms with van der Waals surface area (Å²) in [5.74, 6) is 0.227. The molecule has 2 rings (SSSR count). The van der Waals surface area contributed by atoms with Gasteiger partial charge in [-0.1, -0.05) is 68.9 Å². The fourth-order valence-electron chi connectivity index (χ4n) is 2.49. The fourth-order valence-corrected chi connectivity index (χ4v) is 3.32. The Morgan fingerprint density at radius 2 is 1.95 bits per heavy atom. The van der Waals surface area contributed by atoms with Gasteiger partial charge in [0, 0.05) is 5.92 Å². The van der Waals surface area contributed by atoms with Crippen LogP contribution in [0.4, 0.5) is 5.13 Å². The van der Waals surface area contributed by atoms with E-state index in [0.717, 1.165) is 29.8 Å². The Morgan fingerprint density at radius 1 is 1.23 bits per heavy atom. The predicted molar refractivity (Wildman–Crippen MR) is 91.3 cm³/mol. The summed E-state index contributed by atoms with van der Waals surface area (Å²) in [5.41, 5.74) is 1.03. The van der Waals surface area contributed by atoms with Gasteiger partial charge in [-0.25, -0.2) is 0 Å². The van der Waals surface area contributed by atoms with E-state index >= 15 is 0 Å². The molecule has 1 heterocycles. The number of carbonyl (C=O) groups is 1. The normalized spacial score (nSPS) is 13.6. The molecule has 0 radical (unpaired) electrons. The zero-order valence-corrected chi connectivity index (χ0v) is 14.2. The van der Waals surface area contributed by atoms with Crippen LogP contribution < -0.4 is 5.32 Å². The number of hydrogen-bond donors (Lipinski definition) is 1. The first-order chi connectivity index (χ1) is 10.7. The van der Waals surface area contributed by atoms with Crippen molar-refractivity contribution < 1.29 is 4.79 Å². The number of rotatable bonds is 7. The molecule has 1 aromatic heterocycles. The molecule has 0 spiro atoms. The third-order valence-electron chi connectivity index (χ3n) is 3.74. The highest BCUT2D eigenvalue weighted by atomic mass is 32.1. The van der Waals surface area contributed by atoms with E-state index in [-0.39, 0.29) is 11.8 Å². The number of anilines is 1. The average molecular weight is 317 g/mol. The quantitative estimate of drug-likeness (QED) is 0.813. The summed E-state index contributed by atoms with van der Waals surface area (Å²) in [6, 6.07) is 9.85. The molecule has 0 aliphatic heterocycles. The van der Waals surface area contributed by atoms with Gasteiger partial charge >= 0.3 is 0 Å². The summed E-state index contributed by atoms with van der Waals surface area (Å²) in [6.45, 7) is 6.33. The highest BCUT2D eigenvalue weighted by Gasteiger charge is 2.20. The van der Waals surface area contributed by atoms with Crippen molar-refractivity contribution >= 4 is 22.4 Å². The van der Waals surface area contributed by atoms with Crippen molar-refractivity contribution in [3.05, 3.63) is 40.9 Å². The zero-order chi connectivity index (χ0) is 15.9. The van der Waals surface area contributed by atoms with Crippen LogP contribution in [0.15, 0.2) is 30.3 Å². The number of carbonyl (C=O) groups excluding carboxylic acids is 1. The third-order valence-corrected chi connectivity index (χ3v) is 4.81. The molecule has 0 saturated carbocycles. The lowest BCUT2D eigenvalue weighted by Gasteiger charge is -2.13. The molecule has 0 saturated heterocycles. The first-order valence-electron chi connectivity index (χ1n) is 7.84. The molecule has 2 atom stereocenters. The van der Waals surface area contributed by atoms with E-state index in [9.17, 15) is 4.79 Å². The number of benzene rings is 1. The van der Waals surface area contributed by atoms with Gasteiger partial charge in [-0.2, -0.15) is 0 Å². The monoisotopic (exact) mass is 317 g/mol. The molecule has 1 aromatic carbocycles. The minimum absolute atomic E-state index is 0.0143. The number of nitrogens with zero attached hydrogens (tertiary/aromatic N) is 2. The molecule has 0 bridgehead atoms. The largest absolute Gasteiger partial charge is 0.300 e. The third kappa shape index (κ3) is 4.13. The Hall–Kier alpha value is -1.75. The van der Waals surface area contributed by atoms with Crippen molar-refractivity contribution in [3.63, 3.8) is 0 Å². The first-order valence-corrected chi connectivity index (χ1v) is 8.66. The maximum atomic E-state index is 12.5. The summed E-state index contributed by atoms with van der Waals surface area (Å²) in [5, 5.41) is 12.8. The maximum Gasteiger partial charge on any atom is 0.233 e. The highest BCUT2D eigenvalue weighted by Crippen LogP contribution is 2.28. The van der Waals surface area contributed by atoms with E-state index in [2.05, 4.69) is 29.4 Å². The van der Waals surface area contributed by atoms with Crippen LogP contribution in [0, 0.1) is 0 Å². The second-order valence-electron chi connectivity index (χ2n) is 5.50.